The number of hydrogen-bond donors (Lipinski definition) is 6. The van der Waals surface area contributed by atoms with E-state index in [1.807, 2.05) is 0 Å². The van der Waals surface area contributed by atoms with Gasteiger partial charge in [-0.1, -0.05) is 24.3 Å². The zero-order chi connectivity index (χ0) is 25.2. The Morgan fingerprint density at radius 2 is 1.69 bits per heavy atom. The van der Waals surface area contributed by atoms with Crippen LogP contribution in [-0.2, 0) is 15.9 Å². The lowest BCUT2D eigenvalue weighted by atomic mass is 9.71. The number of phenolic OH excluding ortho intramolecular Hbond substituents is 2. The third-order valence-electron chi connectivity index (χ3n) is 7.22. The van der Waals surface area contributed by atoms with Crippen LogP contribution < -0.4 is 5.73 Å². The van der Waals surface area contributed by atoms with Crippen molar-refractivity contribution in [1.29, 1.82) is 5.41 Å². The van der Waals surface area contributed by atoms with Gasteiger partial charge in [0.25, 0.3) is 0 Å². The van der Waals surface area contributed by atoms with Crippen molar-refractivity contribution >= 4 is 17.3 Å². The fourth-order valence-corrected chi connectivity index (χ4v) is 5.15. The summed E-state index contributed by atoms with van der Waals surface area (Å²) in [6.07, 6.45) is -4.29. The van der Waals surface area contributed by atoms with Crippen LogP contribution in [0.5, 0.6) is 11.5 Å². The largest absolute Gasteiger partial charge is 0.507 e. The molecule has 2 aromatic carbocycles. The van der Waals surface area contributed by atoms with Crippen LogP contribution >= 0.6 is 0 Å². The molecule has 0 amide bonds. The van der Waals surface area contributed by atoms with Gasteiger partial charge in [-0.3, -0.25) is 9.59 Å². The van der Waals surface area contributed by atoms with E-state index in [0.717, 1.165) is 0 Å². The summed E-state index contributed by atoms with van der Waals surface area (Å²) in [7, 11) is 0. The molecule has 1 aliphatic heterocycles. The lowest BCUT2D eigenvalue weighted by Crippen LogP contribution is -2.53. The number of hydrogen-bond acceptors (Lipinski definition) is 10. The first-order chi connectivity index (χ1) is 16.5. The first-order valence-electron chi connectivity index (χ1n) is 11.3. The van der Waals surface area contributed by atoms with Crippen LogP contribution in [0.3, 0.4) is 0 Å². The fourth-order valence-electron chi connectivity index (χ4n) is 5.15. The Morgan fingerprint density at radius 1 is 1.09 bits per heavy atom. The van der Waals surface area contributed by atoms with Gasteiger partial charge in [0, 0.05) is 40.8 Å². The van der Waals surface area contributed by atoms with Crippen LogP contribution in [0.2, 0.25) is 0 Å². The number of carbonyl (C=O) groups is 2. The van der Waals surface area contributed by atoms with Crippen molar-refractivity contribution in [3.8, 4) is 11.5 Å². The minimum atomic E-state index is -1.28. The number of ether oxygens (including phenoxy) is 2. The molecule has 184 valence electrons. The molecule has 0 saturated carbocycles. The molecule has 1 heterocycles. The maximum absolute atomic E-state index is 13.3. The number of fused-ring (bicyclic) bond motifs is 3. The number of ketones is 2. The highest BCUT2D eigenvalue weighted by atomic mass is 16.7. The SMILES string of the molecule is CC(=N)[C@]1(N)Cc2c(O)c3c(c(O)c2[C@@H](O[C@H]2C[C@H](O)[C@H](O)CO2)C1)C(=O)c1ccccc1C3=O. The summed E-state index contributed by atoms with van der Waals surface area (Å²) in [6, 6.07) is 6.17. The molecule has 5 rings (SSSR count). The summed E-state index contributed by atoms with van der Waals surface area (Å²) >= 11 is 0. The Balaban J connectivity index is 1.67. The average molecular weight is 482 g/mol. The summed E-state index contributed by atoms with van der Waals surface area (Å²) in [5, 5.41) is 50.6. The van der Waals surface area contributed by atoms with Crippen LogP contribution in [0.15, 0.2) is 24.3 Å². The molecule has 1 fully saturated rings. The van der Waals surface area contributed by atoms with Gasteiger partial charge in [0.15, 0.2) is 17.9 Å². The average Bonchev–Trinajstić information content (AvgIpc) is 2.82. The van der Waals surface area contributed by atoms with Crippen LogP contribution in [-0.4, -0.2) is 68.3 Å². The predicted octanol–water partition coefficient (Wildman–Crippen LogP) is 1.08. The lowest BCUT2D eigenvalue weighted by Gasteiger charge is -2.42. The number of aliphatic hydroxyl groups excluding tert-OH is 2. The van der Waals surface area contributed by atoms with E-state index in [0.29, 0.717) is 0 Å². The van der Waals surface area contributed by atoms with Gasteiger partial charge in [0.05, 0.1) is 35.5 Å². The second-order valence-electron chi connectivity index (χ2n) is 9.46. The molecule has 10 nitrogen and oxygen atoms in total. The molecule has 35 heavy (non-hydrogen) atoms. The molecular weight excluding hydrogens is 456 g/mol. The minimum absolute atomic E-state index is 0.0123. The smallest absolute Gasteiger partial charge is 0.198 e. The number of aliphatic hydroxyl groups is 2. The van der Waals surface area contributed by atoms with E-state index < -0.39 is 53.2 Å². The number of carbonyl (C=O) groups excluding carboxylic acids is 2. The van der Waals surface area contributed by atoms with Crippen molar-refractivity contribution in [3.63, 3.8) is 0 Å². The summed E-state index contributed by atoms with van der Waals surface area (Å²) in [5.74, 6) is -2.18. The highest BCUT2D eigenvalue weighted by Gasteiger charge is 2.47. The second-order valence-corrected chi connectivity index (χ2v) is 9.46. The van der Waals surface area contributed by atoms with E-state index in [4.69, 9.17) is 20.6 Å². The van der Waals surface area contributed by atoms with Gasteiger partial charge < -0.3 is 41.0 Å². The van der Waals surface area contributed by atoms with E-state index in [2.05, 4.69) is 0 Å². The number of nitrogens with two attached hydrogens (primary N) is 1. The Morgan fingerprint density at radius 3 is 2.26 bits per heavy atom. The number of nitrogens with one attached hydrogen (secondary N) is 1. The van der Waals surface area contributed by atoms with Crippen molar-refractivity contribution in [2.24, 2.45) is 5.73 Å². The minimum Gasteiger partial charge on any atom is -0.507 e. The molecule has 7 N–H and O–H groups in total. The first-order valence-corrected chi connectivity index (χ1v) is 11.3. The third-order valence-corrected chi connectivity index (χ3v) is 7.22. The molecule has 0 aromatic heterocycles. The molecular formula is C25H26N2O8. The normalized spacial score (nSPS) is 29.8. The van der Waals surface area contributed by atoms with E-state index in [1.54, 1.807) is 12.1 Å². The van der Waals surface area contributed by atoms with Gasteiger partial charge in [0.1, 0.15) is 17.6 Å². The molecule has 5 atom stereocenters. The molecule has 10 heteroatoms. The molecule has 3 aliphatic rings. The van der Waals surface area contributed by atoms with E-state index in [9.17, 15) is 30.0 Å². The van der Waals surface area contributed by atoms with Crippen LogP contribution in [0.4, 0.5) is 0 Å². The topological polar surface area (TPSA) is 183 Å². The molecule has 0 unspecified atom stereocenters. The Bertz CT molecular complexity index is 1270. The predicted molar refractivity (Wildman–Crippen MR) is 122 cm³/mol. The van der Waals surface area contributed by atoms with Crippen molar-refractivity contribution < 1.29 is 39.5 Å². The standard InChI is InChI=1S/C25H26N2O8/c1-10(26)25(27)7-13-18(16(8-25)35-17-6-14(28)15(29)9-34-17)24(33)20-19(23(13)32)21(30)11-4-2-3-5-12(11)22(20)31/h2-5,14-17,26,28-29,32-33H,6-9,27H2,1H3/t14-,15+,16-,17-,25-/m0/s1. The number of aromatic hydroxyl groups is 2. The Kier molecular flexibility index (Phi) is 5.53. The van der Waals surface area contributed by atoms with Gasteiger partial charge in [-0.2, -0.15) is 0 Å². The Hall–Kier alpha value is -3.15. The van der Waals surface area contributed by atoms with Crippen molar-refractivity contribution in [1.82, 2.24) is 0 Å². The molecule has 0 spiro atoms. The second kappa shape index (κ2) is 8.21. The lowest BCUT2D eigenvalue weighted by molar-refractivity contribution is -0.237. The molecule has 2 aromatic rings. The van der Waals surface area contributed by atoms with Crippen molar-refractivity contribution in [3.05, 3.63) is 57.6 Å². The zero-order valence-electron chi connectivity index (χ0n) is 18.9. The zero-order valence-corrected chi connectivity index (χ0v) is 18.9. The molecule has 0 radical (unpaired) electrons. The van der Waals surface area contributed by atoms with E-state index in [1.165, 1.54) is 19.1 Å². The highest BCUT2D eigenvalue weighted by molar-refractivity contribution is 6.30. The van der Waals surface area contributed by atoms with Gasteiger partial charge in [-0.05, 0) is 13.3 Å². The number of rotatable bonds is 3. The molecule has 0 bridgehead atoms. The highest BCUT2D eigenvalue weighted by Crippen LogP contribution is 2.51. The summed E-state index contributed by atoms with van der Waals surface area (Å²) < 4.78 is 11.5. The van der Waals surface area contributed by atoms with Crippen molar-refractivity contribution in [2.75, 3.05) is 6.61 Å². The van der Waals surface area contributed by atoms with E-state index >= 15 is 0 Å². The quantitative estimate of drug-likeness (QED) is 0.235. The number of benzene rings is 2. The van der Waals surface area contributed by atoms with Gasteiger partial charge in [0.2, 0.25) is 0 Å². The first kappa shape index (κ1) is 23.6. The van der Waals surface area contributed by atoms with Gasteiger partial charge in [-0.15, -0.1) is 0 Å². The third kappa shape index (κ3) is 3.57. The van der Waals surface area contributed by atoms with Gasteiger partial charge in [-0.25, -0.2) is 0 Å². The summed E-state index contributed by atoms with van der Waals surface area (Å²) in [6.45, 7) is 1.34. The molecule has 1 saturated heterocycles. The number of phenols is 2. The molecule has 2 aliphatic carbocycles. The van der Waals surface area contributed by atoms with E-state index in [-0.39, 0.29) is 65.0 Å². The monoisotopic (exact) mass is 482 g/mol. The van der Waals surface area contributed by atoms with Crippen LogP contribution in [0.1, 0.15) is 68.8 Å². The summed E-state index contributed by atoms with van der Waals surface area (Å²) in [4.78, 5) is 26.6. The van der Waals surface area contributed by atoms with Crippen LogP contribution in [0, 0.1) is 5.41 Å². The van der Waals surface area contributed by atoms with Crippen LogP contribution in [0.25, 0.3) is 0 Å². The van der Waals surface area contributed by atoms with Crippen molar-refractivity contribution in [2.45, 2.75) is 56.3 Å². The van der Waals surface area contributed by atoms with Gasteiger partial charge >= 0.3 is 0 Å². The summed E-state index contributed by atoms with van der Waals surface area (Å²) in [5.41, 5.74) is 5.16. The maximum atomic E-state index is 13.3. The fraction of sp³-hybridized carbons (Fsp3) is 0.400. The maximum Gasteiger partial charge on any atom is 0.198 e. The Labute approximate surface area is 200 Å².